The molecule has 0 aliphatic heterocycles. The van der Waals surface area contributed by atoms with Crippen molar-refractivity contribution >= 4 is 17.6 Å². The summed E-state index contributed by atoms with van der Waals surface area (Å²) < 4.78 is 20.2. The molecule has 0 atom stereocenters. The minimum Gasteiger partial charge on any atom is -0.452 e. The van der Waals surface area contributed by atoms with Gasteiger partial charge in [-0.3, -0.25) is 9.48 Å². The molecule has 3 rings (SSSR count). The number of carbonyl (C=O) groups excluding carboxylic acids is 2. The van der Waals surface area contributed by atoms with Crippen LogP contribution in [-0.4, -0.2) is 34.8 Å². The molecule has 8 heteroatoms. The maximum absolute atomic E-state index is 13.2. The van der Waals surface area contributed by atoms with Crippen molar-refractivity contribution in [2.45, 2.75) is 26.8 Å². The number of aryl methyl sites for hydroxylation is 1. The normalized spacial score (nSPS) is 10.4. The summed E-state index contributed by atoms with van der Waals surface area (Å²) in [5.41, 5.74) is 2.94. The number of hydrogen-bond acceptors (Lipinski definition) is 5. The Kier molecular flexibility index (Phi) is 7.34. The lowest BCUT2D eigenvalue weighted by atomic mass is 10.2. The second kappa shape index (κ2) is 10.4. The maximum atomic E-state index is 13.2. The number of ether oxygens (including phenoxy) is 1. The third kappa shape index (κ3) is 5.38. The summed E-state index contributed by atoms with van der Waals surface area (Å²) in [6.07, 6.45) is 0.0849. The van der Waals surface area contributed by atoms with Gasteiger partial charge in [0.25, 0.3) is 5.91 Å². The Bertz CT molecular complexity index is 1130. The predicted molar refractivity (Wildman–Crippen MR) is 117 cm³/mol. The van der Waals surface area contributed by atoms with Gasteiger partial charge in [0.1, 0.15) is 11.4 Å². The molecule has 0 saturated carbocycles. The molecular weight excluding hydrogens is 411 g/mol. The van der Waals surface area contributed by atoms with E-state index in [0.29, 0.717) is 29.2 Å². The highest BCUT2D eigenvalue weighted by Gasteiger charge is 2.23. The molecule has 1 heterocycles. The molecule has 0 N–H and O–H groups in total. The van der Waals surface area contributed by atoms with Crippen LogP contribution in [0.2, 0.25) is 0 Å². The maximum Gasteiger partial charge on any atom is 0.342 e. The number of rotatable bonds is 8. The van der Waals surface area contributed by atoms with Gasteiger partial charge in [-0.25, -0.2) is 9.18 Å². The van der Waals surface area contributed by atoms with Crippen molar-refractivity contribution in [3.8, 4) is 6.07 Å². The zero-order valence-electron chi connectivity index (χ0n) is 17.9. The molecule has 2 aromatic carbocycles. The molecule has 0 saturated heterocycles. The molecular formula is C24H23FN4O3. The number of hydrogen-bond donors (Lipinski definition) is 0. The third-order valence-electron chi connectivity index (χ3n) is 4.97. The fourth-order valence-electron chi connectivity index (χ4n) is 3.36. The largest absolute Gasteiger partial charge is 0.452 e. The first-order chi connectivity index (χ1) is 15.4. The number of esters is 1. The summed E-state index contributed by atoms with van der Waals surface area (Å²) >= 11 is 0. The van der Waals surface area contributed by atoms with E-state index in [4.69, 9.17) is 10.00 Å². The van der Waals surface area contributed by atoms with Crippen LogP contribution in [0.15, 0.2) is 54.6 Å². The van der Waals surface area contributed by atoms with Gasteiger partial charge in [0, 0.05) is 12.2 Å². The molecule has 0 aliphatic rings. The molecule has 7 nitrogen and oxygen atoms in total. The van der Waals surface area contributed by atoms with Crippen LogP contribution in [-0.2, 0) is 16.1 Å². The van der Waals surface area contributed by atoms with E-state index in [9.17, 15) is 14.0 Å². The van der Waals surface area contributed by atoms with Crippen LogP contribution in [0.1, 0.15) is 33.7 Å². The second-order valence-corrected chi connectivity index (χ2v) is 7.20. The Morgan fingerprint density at radius 2 is 1.81 bits per heavy atom. The average molecular weight is 434 g/mol. The number of anilines is 1. The number of carbonyl (C=O) groups is 2. The summed E-state index contributed by atoms with van der Waals surface area (Å²) in [5, 5.41) is 13.3. The molecule has 0 bridgehead atoms. The molecule has 0 unspecified atom stereocenters. The Balaban J connectivity index is 1.70. The lowest BCUT2D eigenvalue weighted by Crippen LogP contribution is -2.35. The van der Waals surface area contributed by atoms with E-state index in [0.717, 1.165) is 5.56 Å². The lowest BCUT2D eigenvalue weighted by molar-refractivity contribution is -0.121. The summed E-state index contributed by atoms with van der Waals surface area (Å²) in [4.78, 5) is 26.7. The van der Waals surface area contributed by atoms with Gasteiger partial charge in [0.05, 0.1) is 30.4 Å². The molecule has 1 aromatic heterocycles. The molecule has 3 aromatic rings. The molecule has 164 valence electrons. The number of amides is 1. The zero-order chi connectivity index (χ0) is 23.1. The second-order valence-electron chi connectivity index (χ2n) is 7.20. The van der Waals surface area contributed by atoms with Crippen LogP contribution in [0.25, 0.3) is 0 Å². The number of benzene rings is 2. The van der Waals surface area contributed by atoms with E-state index in [1.54, 1.807) is 18.5 Å². The highest BCUT2D eigenvalue weighted by atomic mass is 19.1. The van der Waals surface area contributed by atoms with Crippen LogP contribution < -0.4 is 4.90 Å². The summed E-state index contributed by atoms with van der Waals surface area (Å²) in [6, 6.07) is 17.0. The van der Waals surface area contributed by atoms with Crippen molar-refractivity contribution in [2.24, 2.45) is 0 Å². The zero-order valence-corrected chi connectivity index (χ0v) is 17.9. The van der Waals surface area contributed by atoms with Gasteiger partial charge in [0.15, 0.2) is 6.61 Å². The first-order valence-corrected chi connectivity index (χ1v) is 10.1. The number of nitriles is 1. The van der Waals surface area contributed by atoms with Crippen molar-refractivity contribution in [2.75, 3.05) is 18.1 Å². The van der Waals surface area contributed by atoms with E-state index < -0.39 is 24.3 Å². The van der Waals surface area contributed by atoms with Crippen LogP contribution in [0.5, 0.6) is 0 Å². The molecule has 0 spiro atoms. The van der Waals surface area contributed by atoms with Crippen molar-refractivity contribution in [3.63, 3.8) is 0 Å². The van der Waals surface area contributed by atoms with Crippen molar-refractivity contribution in [1.82, 2.24) is 9.78 Å². The number of nitrogens with zero attached hydrogens (tertiary/aromatic N) is 4. The monoisotopic (exact) mass is 434 g/mol. The van der Waals surface area contributed by atoms with Gasteiger partial charge in [0.2, 0.25) is 0 Å². The van der Waals surface area contributed by atoms with E-state index in [1.165, 1.54) is 29.2 Å². The van der Waals surface area contributed by atoms with Gasteiger partial charge in [-0.2, -0.15) is 10.4 Å². The average Bonchev–Trinajstić information content (AvgIpc) is 3.07. The number of halogens is 1. The fraction of sp³-hybridized carbons (Fsp3) is 0.250. The van der Waals surface area contributed by atoms with Crippen LogP contribution in [0.3, 0.4) is 0 Å². The van der Waals surface area contributed by atoms with Gasteiger partial charge in [-0.1, -0.05) is 30.3 Å². The molecule has 0 aliphatic carbocycles. The SMILES string of the molecule is Cc1nn(Cc2ccccc2)c(C)c1C(=O)OCC(=O)N(CCC#N)c1ccc(F)cc1. The Morgan fingerprint density at radius 3 is 2.47 bits per heavy atom. The third-order valence-corrected chi connectivity index (χ3v) is 4.97. The van der Waals surface area contributed by atoms with Crippen LogP contribution >= 0.6 is 0 Å². The molecule has 32 heavy (non-hydrogen) atoms. The summed E-state index contributed by atoms with van der Waals surface area (Å²) in [5.74, 6) is -1.59. The van der Waals surface area contributed by atoms with Crippen molar-refractivity contribution in [1.29, 1.82) is 5.26 Å². The van der Waals surface area contributed by atoms with E-state index in [2.05, 4.69) is 5.10 Å². The highest BCUT2D eigenvalue weighted by Crippen LogP contribution is 2.18. The smallest absolute Gasteiger partial charge is 0.342 e. The lowest BCUT2D eigenvalue weighted by Gasteiger charge is -2.21. The highest BCUT2D eigenvalue weighted by molar-refractivity contribution is 5.97. The Hall–Kier alpha value is -3.99. The van der Waals surface area contributed by atoms with Crippen LogP contribution in [0, 0.1) is 31.0 Å². The molecule has 0 fully saturated rings. The van der Waals surface area contributed by atoms with E-state index in [1.807, 2.05) is 36.4 Å². The van der Waals surface area contributed by atoms with Gasteiger partial charge < -0.3 is 9.64 Å². The first-order valence-electron chi connectivity index (χ1n) is 10.1. The molecule has 1 amide bonds. The van der Waals surface area contributed by atoms with Crippen LogP contribution in [0.4, 0.5) is 10.1 Å². The minimum atomic E-state index is -0.646. The standard InChI is InChI=1S/C24H23FN4O3/c1-17-23(18(2)29(27-17)15-19-7-4-3-5-8-19)24(31)32-16-22(30)28(14-6-13-26)21-11-9-20(25)10-12-21/h3-5,7-12H,6,14-16H2,1-2H3. The summed E-state index contributed by atoms with van der Waals surface area (Å²) in [7, 11) is 0. The first kappa shape index (κ1) is 22.7. The van der Waals surface area contributed by atoms with Gasteiger partial charge >= 0.3 is 5.97 Å². The Morgan fingerprint density at radius 1 is 1.12 bits per heavy atom. The summed E-state index contributed by atoms with van der Waals surface area (Å²) in [6.45, 7) is 3.59. The Labute approximate surface area is 185 Å². The quantitative estimate of drug-likeness (QED) is 0.504. The van der Waals surface area contributed by atoms with Gasteiger partial charge in [-0.05, 0) is 43.7 Å². The van der Waals surface area contributed by atoms with E-state index in [-0.39, 0.29) is 13.0 Å². The van der Waals surface area contributed by atoms with Crippen molar-refractivity contribution < 1.29 is 18.7 Å². The molecule has 0 radical (unpaired) electrons. The topological polar surface area (TPSA) is 88.2 Å². The predicted octanol–water partition coefficient (Wildman–Crippen LogP) is 3.79. The van der Waals surface area contributed by atoms with Gasteiger partial charge in [-0.15, -0.1) is 0 Å². The minimum absolute atomic E-state index is 0.0849. The number of aromatic nitrogens is 2. The van der Waals surface area contributed by atoms with E-state index >= 15 is 0 Å². The van der Waals surface area contributed by atoms with Crippen molar-refractivity contribution in [3.05, 3.63) is 82.9 Å². The fourth-order valence-corrected chi connectivity index (χ4v) is 3.36.